The first-order valence-corrected chi connectivity index (χ1v) is 15.4. The molecule has 1 aliphatic rings. The van der Waals surface area contributed by atoms with Gasteiger partial charge in [0.2, 0.25) is 0 Å². The van der Waals surface area contributed by atoms with Crippen LogP contribution in [0.1, 0.15) is 33.4 Å². The molecule has 232 valence electrons. The summed E-state index contributed by atoms with van der Waals surface area (Å²) in [5.41, 5.74) is 8.10. The highest BCUT2D eigenvalue weighted by molar-refractivity contribution is 5.87. The van der Waals surface area contributed by atoms with Gasteiger partial charge in [-0.25, -0.2) is 0 Å². The van der Waals surface area contributed by atoms with Gasteiger partial charge in [0.1, 0.15) is 37.8 Å². The normalized spacial score (nSPS) is 12.6. The average Bonchev–Trinajstić information content (AvgIpc) is 3.42. The minimum absolute atomic E-state index is 0.0297. The van der Waals surface area contributed by atoms with Crippen LogP contribution in [0.5, 0.6) is 11.5 Å². The van der Waals surface area contributed by atoms with Crippen molar-refractivity contribution in [3.05, 3.63) is 161 Å². The number of carbonyl (C=O) groups excluding carboxylic acids is 2. The lowest BCUT2D eigenvalue weighted by atomic mass is 9.68. The Hall–Kier alpha value is -5.88. The zero-order valence-corrected chi connectivity index (χ0v) is 26.0. The Labute approximate surface area is 274 Å². The van der Waals surface area contributed by atoms with E-state index in [1.165, 1.54) is 22.3 Å². The van der Waals surface area contributed by atoms with Crippen LogP contribution in [-0.4, -0.2) is 50.8 Å². The van der Waals surface area contributed by atoms with E-state index < -0.39 is 5.41 Å². The molecule has 0 atom stereocenters. The first kappa shape index (κ1) is 31.1. The second-order valence-corrected chi connectivity index (χ2v) is 11.3. The van der Waals surface area contributed by atoms with Crippen LogP contribution in [0.4, 0.5) is 0 Å². The van der Waals surface area contributed by atoms with Crippen LogP contribution in [-0.2, 0) is 15.0 Å². The molecule has 6 nitrogen and oxygen atoms in total. The maximum absolute atomic E-state index is 12.6. The topological polar surface area (TPSA) is 77.3 Å². The van der Waals surface area contributed by atoms with Gasteiger partial charge in [-0.2, -0.15) is 0 Å². The Morgan fingerprint density at radius 1 is 0.638 bits per heavy atom. The molecule has 5 aromatic carbocycles. The molecule has 47 heavy (non-hydrogen) atoms. The number of hydrogen-bond acceptors (Lipinski definition) is 6. The highest BCUT2D eigenvalue weighted by Gasteiger charge is 2.45. The summed E-state index contributed by atoms with van der Waals surface area (Å²) in [7, 11) is 0. The number of rotatable bonds is 14. The summed E-state index contributed by atoms with van der Waals surface area (Å²) in [4.78, 5) is 32.4. The van der Waals surface area contributed by atoms with Gasteiger partial charge >= 0.3 is 0 Å². The quantitative estimate of drug-likeness (QED) is 0.119. The number of benzene rings is 5. The number of hydrogen-bond donors (Lipinski definition) is 0. The van der Waals surface area contributed by atoms with Crippen LogP contribution in [0.25, 0.3) is 17.2 Å². The van der Waals surface area contributed by atoms with Crippen LogP contribution in [0.3, 0.4) is 0 Å². The highest BCUT2D eigenvalue weighted by atomic mass is 16.5. The molecule has 0 amide bonds. The maximum Gasteiger partial charge on any atom is 0.191 e. The zero-order chi connectivity index (χ0) is 32.6. The van der Waals surface area contributed by atoms with Crippen LogP contribution in [0.2, 0.25) is 0 Å². The van der Waals surface area contributed by atoms with E-state index in [4.69, 9.17) is 9.47 Å². The summed E-state index contributed by atoms with van der Waals surface area (Å²) in [6, 6.07) is 40.6. The highest BCUT2D eigenvalue weighted by Crippen LogP contribution is 2.56. The molecule has 0 heterocycles. The van der Waals surface area contributed by atoms with Gasteiger partial charge in [-0.3, -0.25) is 19.6 Å². The molecule has 0 aromatic heterocycles. The van der Waals surface area contributed by atoms with Crippen molar-refractivity contribution in [1.29, 1.82) is 0 Å². The van der Waals surface area contributed by atoms with Crippen molar-refractivity contribution in [2.45, 2.75) is 5.41 Å². The molecule has 0 N–H and O–H groups in total. The first-order chi connectivity index (χ1) is 23.0. The van der Waals surface area contributed by atoms with Crippen molar-refractivity contribution >= 4 is 30.6 Å². The minimum atomic E-state index is -0.611. The number of ketones is 2. The Morgan fingerprint density at radius 3 is 1.68 bits per heavy atom. The number of nitrogens with zero attached hydrogens (tertiary/aromatic N) is 2. The summed E-state index contributed by atoms with van der Waals surface area (Å²) in [5.74, 6) is 0.946. The molecule has 0 aliphatic heterocycles. The van der Waals surface area contributed by atoms with Crippen LogP contribution >= 0.6 is 0 Å². The van der Waals surface area contributed by atoms with Crippen molar-refractivity contribution < 1.29 is 19.1 Å². The maximum atomic E-state index is 12.6. The lowest BCUT2D eigenvalue weighted by Gasteiger charge is -2.34. The lowest BCUT2D eigenvalue weighted by molar-refractivity contribution is -0.120. The summed E-state index contributed by atoms with van der Waals surface area (Å²) in [6.07, 6.45) is 3.46. The standard InChI is InChI=1S/C41H34N2O4/c1-3-29-9-8-10-30(23-29)24-43-26-34(45)28-47-36-21-17-32(18-22-36)41(31-15-19-35(20-16-31)46-27-33(44)25-42-2)39-13-6-4-11-37(39)38-12-5-7-14-40(38)41/h3-24H,1-2,25-28H2. The Kier molecular flexibility index (Phi) is 9.30. The van der Waals surface area contributed by atoms with Crippen molar-refractivity contribution in [3.8, 4) is 22.6 Å². The second kappa shape index (κ2) is 14.0. The molecule has 0 unspecified atom stereocenters. The fourth-order valence-electron chi connectivity index (χ4n) is 6.19. The molecule has 1 aliphatic carbocycles. The Morgan fingerprint density at radius 2 is 1.15 bits per heavy atom. The van der Waals surface area contributed by atoms with Crippen LogP contribution in [0.15, 0.2) is 138 Å². The molecular formula is C41H34N2O4. The number of carbonyl (C=O) groups is 2. The number of Topliss-reactive ketones (excluding diaryl/α,β-unsaturated/α-hetero) is 2. The Bertz CT molecular complexity index is 1910. The summed E-state index contributed by atoms with van der Waals surface area (Å²) < 4.78 is 11.6. The molecule has 6 rings (SSSR count). The summed E-state index contributed by atoms with van der Waals surface area (Å²) in [5, 5.41) is 0. The van der Waals surface area contributed by atoms with E-state index in [0.717, 1.165) is 22.3 Å². The SMILES string of the molecule is C=Cc1cccc(C=NCC(=O)COc2ccc(C3(c4ccc(OCC(=O)CN=C)cc4)c4ccccc4-c4ccccc43)cc2)c1. The first-order valence-electron chi connectivity index (χ1n) is 15.4. The third-order valence-electron chi connectivity index (χ3n) is 8.27. The third-order valence-corrected chi connectivity index (χ3v) is 8.27. The lowest BCUT2D eigenvalue weighted by Crippen LogP contribution is -2.28. The monoisotopic (exact) mass is 618 g/mol. The molecule has 0 radical (unpaired) electrons. The number of aliphatic imine (C=N–C) groups is 2. The van der Waals surface area contributed by atoms with Crippen molar-refractivity contribution in [1.82, 2.24) is 0 Å². The largest absolute Gasteiger partial charge is 0.486 e. The fourth-order valence-corrected chi connectivity index (χ4v) is 6.19. The fraction of sp³-hybridized carbons (Fsp3) is 0.122. The summed E-state index contributed by atoms with van der Waals surface area (Å²) in [6.45, 7) is 7.09. The van der Waals surface area contributed by atoms with Gasteiger partial charge in [-0.05, 0) is 81.6 Å². The molecule has 0 saturated carbocycles. The van der Waals surface area contributed by atoms with E-state index in [9.17, 15) is 9.59 Å². The van der Waals surface area contributed by atoms with E-state index in [1.807, 2.05) is 48.5 Å². The van der Waals surface area contributed by atoms with E-state index >= 15 is 0 Å². The second-order valence-electron chi connectivity index (χ2n) is 11.3. The Balaban J connectivity index is 1.25. The third kappa shape index (κ3) is 6.44. The molecule has 5 aromatic rings. The molecule has 6 heteroatoms. The molecule has 0 saturated heterocycles. The van der Waals surface area contributed by atoms with Gasteiger partial charge in [-0.15, -0.1) is 0 Å². The van der Waals surface area contributed by atoms with E-state index in [2.05, 4.69) is 96.1 Å². The van der Waals surface area contributed by atoms with E-state index in [1.54, 1.807) is 12.3 Å². The van der Waals surface area contributed by atoms with Gasteiger partial charge in [0.05, 0.1) is 5.41 Å². The van der Waals surface area contributed by atoms with Crippen LogP contribution < -0.4 is 9.47 Å². The van der Waals surface area contributed by atoms with Crippen molar-refractivity contribution in [3.63, 3.8) is 0 Å². The van der Waals surface area contributed by atoms with Gasteiger partial charge in [0, 0.05) is 6.21 Å². The van der Waals surface area contributed by atoms with Crippen molar-refractivity contribution in [2.75, 3.05) is 26.3 Å². The predicted molar refractivity (Wildman–Crippen MR) is 188 cm³/mol. The van der Waals surface area contributed by atoms with Crippen molar-refractivity contribution in [2.24, 2.45) is 9.98 Å². The van der Waals surface area contributed by atoms with Gasteiger partial charge < -0.3 is 9.47 Å². The van der Waals surface area contributed by atoms with Crippen LogP contribution in [0, 0.1) is 0 Å². The zero-order valence-electron chi connectivity index (χ0n) is 26.0. The molecule has 0 spiro atoms. The summed E-state index contributed by atoms with van der Waals surface area (Å²) >= 11 is 0. The predicted octanol–water partition coefficient (Wildman–Crippen LogP) is 7.41. The number of ether oxygens (including phenoxy) is 2. The molecular weight excluding hydrogens is 584 g/mol. The minimum Gasteiger partial charge on any atom is -0.486 e. The van der Waals surface area contributed by atoms with Gasteiger partial charge in [0.15, 0.2) is 11.6 Å². The smallest absolute Gasteiger partial charge is 0.191 e. The van der Waals surface area contributed by atoms with E-state index in [-0.39, 0.29) is 37.9 Å². The average molecular weight is 619 g/mol. The van der Waals surface area contributed by atoms with E-state index in [0.29, 0.717) is 11.5 Å². The van der Waals surface area contributed by atoms with Gasteiger partial charge in [-0.1, -0.05) is 104 Å². The molecule has 0 fully saturated rings. The molecule has 0 bridgehead atoms. The number of fused-ring (bicyclic) bond motifs is 3. The van der Waals surface area contributed by atoms with Gasteiger partial charge in [0.25, 0.3) is 0 Å².